The van der Waals surface area contributed by atoms with Gasteiger partial charge in [0, 0.05) is 12.4 Å². The summed E-state index contributed by atoms with van der Waals surface area (Å²) in [7, 11) is 0. The quantitative estimate of drug-likeness (QED) is 0.744. The number of halogens is 3. The molecule has 0 saturated carbocycles. The van der Waals surface area contributed by atoms with Crippen molar-refractivity contribution in [1.29, 1.82) is 0 Å². The first-order valence-corrected chi connectivity index (χ1v) is 5.73. The number of hydrogen-bond acceptors (Lipinski definition) is 3. The van der Waals surface area contributed by atoms with Crippen molar-refractivity contribution < 1.29 is 13.2 Å². The van der Waals surface area contributed by atoms with Crippen LogP contribution in [0.3, 0.4) is 0 Å². The van der Waals surface area contributed by atoms with E-state index in [9.17, 15) is 13.2 Å². The molecule has 0 aromatic carbocycles. The number of nitrogens with zero attached hydrogens (tertiary/aromatic N) is 3. The van der Waals surface area contributed by atoms with Gasteiger partial charge in [0.15, 0.2) is 0 Å². The Morgan fingerprint density at radius 3 is 2.55 bits per heavy atom. The van der Waals surface area contributed by atoms with E-state index < -0.39 is 11.7 Å². The van der Waals surface area contributed by atoms with E-state index in [1.807, 2.05) is 0 Å². The average Bonchev–Trinajstić information content (AvgIpc) is 2.76. The van der Waals surface area contributed by atoms with Crippen LogP contribution < -0.4 is 5.73 Å². The number of anilines is 1. The lowest BCUT2D eigenvalue weighted by molar-refractivity contribution is -0.137. The standard InChI is InChI=1S/C13H9F3N4/c14-13(15,16)8-4-5-10-19-11(12(17)20(10)7-8)9-3-1-2-6-18-9/h1-7H,17H2. The lowest BCUT2D eigenvalue weighted by Crippen LogP contribution is -2.06. The number of aromatic nitrogens is 3. The van der Waals surface area contributed by atoms with Crippen LogP contribution in [-0.2, 0) is 6.18 Å². The lowest BCUT2D eigenvalue weighted by atomic mass is 10.2. The molecule has 0 aliphatic heterocycles. The molecule has 20 heavy (non-hydrogen) atoms. The Kier molecular flexibility index (Phi) is 2.63. The summed E-state index contributed by atoms with van der Waals surface area (Å²) in [5.74, 6) is 0.129. The van der Waals surface area contributed by atoms with Gasteiger partial charge in [-0.3, -0.25) is 9.38 Å². The van der Waals surface area contributed by atoms with Gasteiger partial charge < -0.3 is 5.73 Å². The van der Waals surface area contributed by atoms with Gasteiger partial charge in [-0.15, -0.1) is 0 Å². The minimum atomic E-state index is -4.42. The molecule has 0 unspecified atom stereocenters. The summed E-state index contributed by atoms with van der Waals surface area (Å²) < 4.78 is 39.3. The molecule has 102 valence electrons. The Hall–Kier alpha value is -2.57. The van der Waals surface area contributed by atoms with E-state index in [-0.39, 0.29) is 5.82 Å². The van der Waals surface area contributed by atoms with E-state index in [1.165, 1.54) is 10.5 Å². The molecule has 0 amide bonds. The minimum absolute atomic E-state index is 0.129. The van der Waals surface area contributed by atoms with Crippen molar-refractivity contribution in [3.8, 4) is 11.4 Å². The molecule has 3 heterocycles. The second kappa shape index (κ2) is 4.22. The zero-order valence-corrected chi connectivity index (χ0v) is 10.1. The minimum Gasteiger partial charge on any atom is -0.383 e. The lowest BCUT2D eigenvalue weighted by Gasteiger charge is -2.06. The van der Waals surface area contributed by atoms with Gasteiger partial charge in [-0.1, -0.05) is 6.07 Å². The second-order valence-electron chi connectivity index (χ2n) is 4.20. The number of fused-ring (bicyclic) bond motifs is 1. The van der Waals surface area contributed by atoms with Crippen molar-refractivity contribution in [1.82, 2.24) is 14.4 Å². The monoisotopic (exact) mass is 278 g/mol. The normalized spacial score (nSPS) is 11.9. The number of hydrogen-bond donors (Lipinski definition) is 1. The van der Waals surface area contributed by atoms with Crippen LogP contribution in [0.4, 0.5) is 19.0 Å². The van der Waals surface area contributed by atoms with Gasteiger partial charge >= 0.3 is 6.18 Å². The maximum absolute atomic E-state index is 12.7. The number of pyridine rings is 2. The molecule has 0 saturated heterocycles. The Balaban J connectivity index is 2.21. The van der Waals surface area contributed by atoms with Gasteiger partial charge in [-0.05, 0) is 24.3 Å². The maximum Gasteiger partial charge on any atom is 0.417 e. The van der Waals surface area contributed by atoms with E-state index in [0.29, 0.717) is 17.0 Å². The Labute approximate surface area is 111 Å². The fourth-order valence-corrected chi connectivity index (χ4v) is 1.92. The first-order valence-electron chi connectivity index (χ1n) is 5.73. The van der Waals surface area contributed by atoms with E-state index in [0.717, 1.165) is 12.3 Å². The van der Waals surface area contributed by atoms with E-state index in [1.54, 1.807) is 24.4 Å². The van der Waals surface area contributed by atoms with Crippen LogP contribution in [0.2, 0.25) is 0 Å². The highest BCUT2D eigenvalue weighted by molar-refractivity contribution is 5.72. The van der Waals surface area contributed by atoms with Crippen LogP contribution in [0.15, 0.2) is 42.7 Å². The maximum atomic E-state index is 12.7. The van der Waals surface area contributed by atoms with Crippen LogP contribution in [0.5, 0.6) is 0 Å². The number of nitrogen functional groups attached to an aromatic ring is 1. The zero-order chi connectivity index (χ0) is 14.3. The van der Waals surface area contributed by atoms with Crippen LogP contribution in [0, 0.1) is 0 Å². The predicted octanol–water partition coefficient (Wildman–Crippen LogP) is 3.00. The average molecular weight is 278 g/mol. The molecule has 0 fully saturated rings. The topological polar surface area (TPSA) is 56.2 Å². The molecule has 0 spiro atoms. The molecule has 0 aliphatic rings. The summed E-state index contributed by atoms with van der Waals surface area (Å²) in [6, 6.07) is 7.45. The highest BCUT2D eigenvalue weighted by Gasteiger charge is 2.31. The highest BCUT2D eigenvalue weighted by atomic mass is 19.4. The van der Waals surface area contributed by atoms with Crippen molar-refractivity contribution in [2.45, 2.75) is 6.18 Å². The van der Waals surface area contributed by atoms with Gasteiger partial charge in [0.2, 0.25) is 0 Å². The Bertz CT molecular complexity index is 762. The molecule has 3 aromatic rings. The van der Waals surface area contributed by atoms with Crippen LogP contribution in [0.1, 0.15) is 5.56 Å². The van der Waals surface area contributed by atoms with Crippen LogP contribution in [0.25, 0.3) is 17.0 Å². The predicted molar refractivity (Wildman–Crippen MR) is 67.8 cm³/mol. The van der Waals surface area contributed by atoms with Crippen molar-refractivity contribution in [3.05, 3.63) is 48.3 Å². The summed E-state index contributed by atoms with van der Waals surface area (Å²) in [4.78, 5) is 8.31. The summed E-state index contributed by atoms with van der Waals surface area (Å²) in [5, 5.41) is 0. The van der Waals surface area contributed by atoms with Crippen LogP contribution in [-0.4, -0.2) is 14.4 Å². The molecule has 0 atom stereocenters. The largest absolute Gasteiger partial charge is 0.417 e. The molecule has 7 heteroatoms. The summed E-state index contributed by atoms with van der Waals surface area (Å²) in [6.07, 6.45) is -1.92. The molecule has 0 bridgehead atoms. The van der Waals surface area contributed by atoms with E-state index >= 15 is 0 Å². The van der Waals surface area contributed by atoms with Crippen molar-refractivity contribution in [3.63, 3.8) is 0 Å². The molecule has 3 aromatic heterocycles. The van der Waals surface area contributed by atoms with Gasteiger partial charge in [0.05, 0.1) is 11.3 Å². The van der Waals surface area contributed by atoms with Crippen LogP contribution >= 0.6 is 0 Å². The third-order valence-corrected chi connectivity index (χ3v) is 2.89. The molecule has 0 radical (unpaired) electrons. The number of imidazole rings is 1. The van der Waals surface area contributed by atoms with E-state index in [2.05, 4.69) is 9.97 Å². The van der Waals surface area contributed by atoms with Gasteiger partial charge in [0.25, 0.3) is 0 Å². The van der Waals surface area contributed by atoms with Crippen molar-refractivity contribution >= 4 is 11.5 Å². The number of nitrogens with two attached hydrogens (primary N) is 1. The smallest absolute Gasteiger partial charge is 0.383 e. The second-order valence-corrected chi connectivity index (χ2v) is 4.20. The fourth-order valence-electron chi connectivity index (χ4n) is 1.92. The van der Waals surface area contributed by atoms with Crippen molar-refractivity contribution in [2.24, 2.45) is 0 Å². The molecule has 0 aliphatic carbocycles. The third-order valence-electron chi connectivity index (χ3n) is 2.89. The molecule has 4 nitrogen and oxygen atoms in total. The molecular formula is C13H9F3N4. The third kappa shape index (κ3) is 1.97. The van der Waals surface area contributed by atoms with Gasteiger partial charge in [0.1, 0.15) is 17.2 Å². The molecule has 2 N–H and O–H groups in total. The van der Waals surface area contributed by atoms with Crippen molar-refractivity contribution in [2.75, 3.05) is 5.73 Å². The van der Waals surface area contributed by atoms with Gasteiger partial charge in [-0.25, -0.2) is 4.98 Å². The summed E-state index contributed by atoms with van der Waals surface area (Å²) in [5.41, 5.74) is 6.33. The SMILES string of the molecule is Nc1c(-c2ccccn2)nc2ccc(C(F)(F)F)cn12. The number of rotatable bonds is 1. The van der Waals surface area contributed by atoms with E-state index in [4.69, 9.17) is 5.73 Å². The zero-order valence-electron chi connectivity index (χ0n) is 10.1. The first-order chi connectivity index (χ1) is 9.47. The summed E-state index contributed by atoms with van der Waals surface area (Å²) >= 11 is 0. The molecular weight excluding hydrogens is 269 g/mol. The fraction of sp³-hybridized carbons (Fsp3) is 0.0769. The van der Waals surface area contributed by atoms with Gasteiger partial charge in [-0.2, -0.15) is 13.2 Å². The highest BCUT2D eigenvalue weighted by Crippen LogP contribution is 2.31. The number of alkyl halides is 3. The Morgan fingerprint density at radius 2 is 1.90 bits per heavy atom. The molecule has 3 rings (SSSR count). The first kappa shape index (κ1) is 12.5. The summed E-state index contributed by atoms with van der Waals surface area (Å²) in [6.45, 7) is 0. The Morgan fingerprint density at radius 1 is 1.10 bits per heavy atom.